The Labute approximate surface area is 176 Å². The Morgan fingerprint density at radius 3 is 2.48 bits per heavy atom. The zero-order valence-electron chi connectivity index (χ0n) is 18.2. The van der Waals surface area contributed by atoms with E-state index in [0.29, 0.717) is 30.2 Å². The van der Waals surface area contributed by atoms with Crippen LogP contribution in [0.5, 0.6) is 5.75 Å². The molecule has 0 saturated carbocycles. The van der Waals surface area contributed by atoms with Crippen molar-refractivity contribution in [3.63, 3.8) is 0 Å². The average Bonchev–Trinajstić information content (AvgIpc) is 2.71. The second kappa shape index (κ2) is 9.75. The van der Waals surface area contributed by atoms with E-state index < -0.39 is 10.0 Å². The normalized spacial score (nSPS) is 27.0. The molecule has 7 nitrogen and oxygen atoms in total. The van der Waals surface area contributed by atoms with Crippen molar-refractivity contribution in [3.05, 3.63) is 24.3 Å². The monoisotopic (exact) mass is 424 g/mol. The number of ether oxygens (including phenoxy) is 1. The van der Waals surface area contributed by atoms with E-state index in [4.69, 9.17) is 4.74 Å². The highest BCUT2D eigenvalue weighted by molar-refractivity contribution is 7.89. The van der Waals surface area contributed by atoms with Crippen molar-refractivity contribution in [3.8, 4) is 5.75 Å². The molecule has 4 rings (SSSR count). The average molecular weight is 425 g/mol. The molecule has 0 aliphatic carbocycles. The molecule has 3 aliphatic rings. The van der Waals surface area contributed by atoms with Crippen LogP contribution >= 0.6 is 0 Å². The molecule has 0 spiro atoms. The molecule has 1 aromatic carbocycles. The molecular weight excluding hydrogens is 388 g/mol. The lowest BCUT2D eigenvalue weighted by molar-refractivity contribution is -0.00782. The predicted octanol–water partition coefficient (Wildman–Crippen LogP) is 1.18. The van der Waals surface area contributed by atoms with Crippen molar-refractivity contribution < 1.29 is 13.2 Å². The van der Waals surface area contributed by atoms with E-state index >= 15 is 0 Å². The van der Waals surface area contributed by atoms with Crippen molar-refractivity contribution >= 4 is 10.0 Å². The number of hydrogen-bond acceptors (Lipinski definition) is 6. The summed E-state index contributed by atoms with van der Waals surface area (Å²) in [6, 6.07) is 6.84. The van der Waals surface area contributed by atoms with Gasteiger partial charge in [-0.15, -0.1) is 0 Å². The van der Waals surface area contributed by atoms with Crippen LogP contribution in [0.25, 0.3) is 0 Å². The SMILES string of the molecule is COc1ccc(S(=O)(=O)NC[C@H]2C[C@@H]3CCN2C[C@H]3CN(C)CCN(C)C)cc1. The smallest absolute Gasteiger partial charge is 0.240 e. The number of piperidine rings is 3. The summed E-state index contributed by atoms with van der Waals surface area (Å²) in [7, 11) is 4.51. The van der Waals surface area contributed by atoms with Gasteiger partial charge in [0.2, 0.25) is 10.0 Å². The van der Waals surface area contributed by atoms with Crippen LogP contribution in [-0.2, 0) is 10.0 Å². The lowest BCUT2D eigenvalue weighted by atomic mass is 9.75. The van der Waals surface area contributed by atoms with Crippen molar-refractivity contribution in [1.82, 2.24) is 19.4 Å². The number of hydrogen-bond donors (Lipinski definition) is 1. The molecule has 1 aromatic rings. The van der Waals surface area contributed by atoms with Gasteiger partial charge in [0.05, 0.1) is 12.0 Å². The summed E-state index contributed by atoms with van der Waals surface area (Å²) in [5.74, 6) is 2.03. The number of fused-ring (bicyclic) bond motifs is 3. The fourth-order valence-corrected chi connectivity index (χ4v) is 5.65. The lowest BCUT2D eigenvalue weighted by Crippen LogP contribution is -2.58. The van der Waals surface area contributed by atoms with Crippen molar-refractivity contribution in [2.75, 3.05) is 67.5 Å². The van der Waals surface area contributed by atoms with Gasteiger partial charge >= 0.3 is 0 Å². The van der Waals surface area contributed by atoms with Gasteiger partial charge in [-0.25, -0.2) is 13.1 Å². The molecule has 29 heavy (non-hydrogen) atoms. The van der Waals surface area contributed by atoms with Gasteiger partial charge < -0.3 is 14.5 Å². The van der Waals surface area contributed by atoms with Gasteiger partial charge in [0.1, 0.15) is 5.75 Å². The standard InChI is InChI=1S/C21H36N4O3S/c1-23(2)11-12-24(3)15-18-16-25-10-9-17(18)13-19(25)14-22-29(26,27)21-7-5-20(28-4)6-8-21/h5-8,17-19,22H,9-16H2,1-4H3/t17-,18+,19+/m0/s1. The number of benzene rings is 1. The number of methoxy groups -OCH3 is 1. The zero-order chi connectivity index (χ0) is 21.0. The van der Waals surface area contributed by atoms with Gasteiger partial charge in [-0.05, 0) is 76.6 Å². The molecule has 2 bridgehead atoms. The molecule has 3 heterocycles. The predicted molar refractivity (Wildman–Crippen MR) is 116 cm³/mol. The Bertz CT molecular complexity index is 754. The van der Waals surface area contributed by atoms with Crippen LogP contribution in [0.3, 0.4) is 0 Å². The summed E-state index contributed by atoms with van der Waals surface area (Å²) in [5, 5.41) is 0. The third-order valence-corrected chi connectivity index (χ3v) is 7.81. The van der Waals surface area contributed by atoms with Crippen LogP contribution in [0.4, 0.5) is 0 Å². The molecule has 1 N–H and O–H groups in total. The number of nitrogens with one attached hydrogen (secondary N) is 1. The Hall–Kier alpha value is -1.19. The minimum atomic E-state index is -3.49. The fourth-order valence-electron chi connectivity index (χ4n) is 4.58. The van der Waals surface area contributed by atoms with Crippen LogP contribution in [0, 0.1) is 11.8 Å². The first kappa shape index (κ1) is 22.5. The molecule has 0 amide bonds. The Kier molecular flexibility index (Phi) is 7.56. The quantitative estimate of drug-likeness (QED) is 0.609. The van der Waals surface area contributed by atoms with E-state index in [1.165, 1.54) is 6.42 Å². The molecule has 3 aliphatic heterocycles. The molecule has 8 heteroatoms. The van der Waals surface area contributed by atoms with E-state index in [2.05, 4.69) is 40.6 Å². The van der Waals surface area contributed by atoms with E-state index in [1.807, 2.05) is 0 Å². The van der Waals surface area contributed by atoms with Gasteiger partial charge in [0, 0.05) is 38.8 Å². The lowest BCUT2D eigenvalue weighted by Gasteiger charge is -2.50. The molecular formula is C21H36N4O3S. The van der Waals surface area contributed by atoms with Crippen molar-refractivity contribution in [2.45, 2.75) is 23.8 Å². The van der Waals surface area contributed by atoms with E-state index in [0.717, 1.165) is 39.1 Å². The summed E-state index contributed by atoms with van der Waals surface area (Å²) < 4.78 is 33.2. The maximum atomic E-state index is 12.6. The Balaban J connectivity index is 1.51. The first-order valence-corrected chi connectivity index (χ1v) is 12.0. The third-order valence-electron chi connectivity index (χ3n) is 6.37. The molecule has 0 radical (unpaired) electrons. The number of rotatable bonds is 10. The molecule has 1 unspecified atom stereocenters. The summed E-state index contributed by atoms with van der Waals surface area (Å²) in [5.41, 5.74) is 0. The van der Waals surface area contributed by atoms with Crippen LogP contribution in [0.1, 0.15) is 12.8 Å². The second-order valence-corrected chi connectivity index (χ2v) is 10.6. The summed E-state index contributed by atoms with van der Waals surface area (Å²) >= 11 is 0. The van der Waals surface area contributed by atoms with Crippen LogP contribution in [0.15, 0.2) is 29.2 Å². The van der Waals surface area contributed by atoms with Gasteiger partial charge in [-0.3, -0.25) is 4.90 Å². The first-order chi connectivity index (χ1) is 13.8. The summed E-state index contributed by atoms with van der Waals surface area (Å²) in [6.07, 6.45) is 2.31. The maximum Gasteiger partial charge on any atom is 0.240 e. The molecule has 164 valence electrons. The minimum Gasteiger partial charge on any atom is -0.497 e. The third kappa shape index (κ3) is 5.92. The Morgan fingerprint density at radius 1 is 1.17 bits per heavy atom. The highest BCUT2D eigenvalue weighted by Crippen LogP contribution is 2.36. The molecule has 3 fully saturated rings. The van der Waals surface area contributed by atoms with Gasteiger partial charge in [-0.1, -0.05) is 0 Å². The minimum absolute atomic E-state index is 0.287. The topological polar surface area (TPSA) is 65.1 Å². The van der Waals surface area contributed by atoms with Crippen LogP contribution in [-0.4, -0.2) is 96.7 Å². The summed E-state index contributed by atoms with van der Waals surface area (Å²) in [6.45, 7) is 5.92. The van der Waals surface area contributed by atoms with Gasteiger partial charge in [0.25, 0.3) is 0 Å². The van der Waals surface area contributed by atoms with E-state index in [1.54, 1.807) is 31.4 Å². The molecule has 0 aromatic heterocycles. The van der Waals surface area contributed by atoms with Crippen LogP contribution < -0.4 is 9.46 Å². The van der Waals surface area contributed by atoms with Crippen molar-refractivity contribution in [2.24, 2.45) is 11.8 Å². The van der Waals surface area contributed by atoms with E-state index in [9.17, 15) is 8.42 Å². The largest absolute Gasteiger partial charge is 0.497 e. The fraction of sp³-hybridized carbons (Fsp3) is 0.714. The maximum absolute atomic E-state index is 12.6. The van der Waals surface area contributed by atoms with Crippen LogP contribution in [0.2, 0.25) is 0 Å². The van der Waals surface area contributed by atoms with Gasteiger partial charge in [0.15, 0.2) is 0 Å². The number of likely N-dealkylation sites (N-methyl/N-ethyl adjacent to an activating group) is 2. The zero-order valence-corrected chi connectivity index (χ0v) is 19.0. The number of sulfonamides is 1. The highest BCUT2D eigenvalue weighted by atomic mass is 32.2. The highest BCUT2D eigenvalue weighted by Gasteiger charge is 2.40. The summed E-state index contributed by atoms with van der Waals surface area (Å²) in [4.78, 5) is 7.43. The van der Waals surface area contributed by atoms with E-state index in [-0.39, 0.29) is 4.90 Å². The molecule has 3 saturated heterocycles. The number of nitrogens with zero attached hydrogens (tertiary/aromatic N) is 3. The second-order valence-electron chi connectivity index (χ2n) is 8.79. The van der Waals surface area contributed by atoms with Crippen molar-refractivity contribution in [1.29, 1.82) is 0 Å². The van der Waals surface area contributed by atoms with Gasteiger partial charge in [-0.2, -0.15) is 0 Å². The molecule has 4 atom stereocenters. The first-order valence-electron chi connectivity index (χ1n) is 10.5. The Morgan fingerprint density at radius 2 is 1.90 bits per heavy atom.